The summed E-state index contributed by atoms with van der Waals surface area (Å²) in [6, 6.07) is 63.8. The van der Waals surface area contributed by atoms with E-state index in [1.54, 1.807) is 12.1 Å². The first-order chi connectivity index (χ1) is 38.6. The molecule has 2 unspecified atom stereocenters. The van der Waals surface area contributed by atoms with Crippen LogP contribution in [-0.2, 0) is 19.1 Å². The molecular weight excluding hydrogens is 980 g/mol. The molecule has 0 radical (unpaired) electrons. The van der Waals surface area contributed by atoms with Crippen LogP contribution in [0.4, 0.5) is 4.39 Å². The van der Waals surface area contributed by atoms with Crippen molar-refractivity contribution >= 4 is 28.7 Å². The lowest BCUT2D eigenvalue weighted by atomic mass is 9.94. The molecule has 0 amide bonds. The van der Waals surface area contributed by atoms with Crippen LogP contribution in [0.25, 0.3) is 42.4 Å². The van der Waals surface area contributed by atoms with Gasteiger partial charge in [0.25, 0.3) is 17.1 Å². The highest BCUT2D eigenvalue weighted by Gasteiger charge is 2.24. The van der Waals surface area contributed by atoms with E-state index >= 15 is 0 Å². The van der Waals surface area contributed by atoms with Gasteiger partial charge in [0.15, 0.2) is 0 Å². The molecule has 7 aromatic rings. The fourth-order valence-corrected chi connectivity index (χ4v) is 8.68. The number of esters is 2. The maximum absolute atomic E-state index is 13.4. The predicted molar refractivity (Wildman–Crippen MR) is 316 cm³/mol. The number of halogens is 1. The number of nitriles is 1. The Morgan fingerprint density at radius 3 is 1.09 bits per heavy atom. The Balaban J connectivity index is 0.000000227. The molecule has 2 atom stereocenters. The number of hydrogen-bond acceptors (Lipinski definition) is 5. The molecule has 0 aromatic heterocycles. The first-order valence-corrected chi connectivity index (χ1v) is 26.9. The second kappa shape index (κ2) is 33.6. The standard InChI is InChI=1S/C30H31NO2.C24H26FNO2.C16H10N2/c1-4-6-13-23(5-2)22-33-30(32)29(31-3)28(26-16-11-8-12-17-26)27-20-18-25(19-21-27)24-14-9-7-10-15-24;1-4-6-10-18(5-2)17-28-24(27)23(26-3)22(19-11-8-7-9-12-19)20-13-15-21(25)16-14-20;1-18-15(12-17)16(13-8-4-2-5-9-13)14-10-6-3-7-11-14/h7-12,14-21,23H,4-6,13,22H2,1-2H3;7-9,11-16,18H,4-6,10,17H2,1-2H3;2-11H/b29-28+;23-22+;. The first-order valence-electron chi connectivity index (χ1n) is 26.9. The average molecular weight is 1050 g/mol. The Kier molecular flexibility index (Phi) is 25.7. The molecular formula is C70H67FN4O4. The normalized spacial score (nSPS) is 11.7. The molecule has 0 aliphatic rings. The van der Waals surface area contributed by atoms with Gasteiger partial charge in [0.05, 0.1) is 39.0 Å². The van der Waals surface area contributed by atoms with Crippen molar-refractivity contribution < 1.29 is 23.5 Å². The van der Waals surface area contributed by atoms with Crippen LogP contribution in [0.2, 0.25) is 0 Å². The van der Waals surface area contributed by atoms with E-state index in [0.717, 1.165) is 90.3 Å². The number of allylic oxidation sites excluding steroid dienone is 1. The Morgan fingerprint density at radius 2 is 0.772 bits per heavy atom. The second-order valence-corrected chi connectivity index (χ2v) is 18.6. The maximum Gasteiger partial charge on any atom is 0.336 e. The van der Waals surface area contributed by atoms with E-state index in [-0.39, 0.29) is 22.9 Å². The summed E-state index contributed by atoms with van der Waals surface area (Å²) in [4.78, 5) is 36.3. The van der Waals surface area contributed by atoms with Crippen molar-refractivity contribution in [1.82, 2.24) is 0 Å². The van der Waals surface area contributed by atoms with Crippen LogP contribution in [0.15, 0.2) is 217 Å². The Hall–Kier alpha value is -9.41. The Bertz CT molecular complexity index is 3220. The minimum atomic E-state index is -0.631. The molecule has 0 spiro atoms. The lowest BCUT2D eigenvalue weighted by Crippen LogP contribution is -2.15. The summed E-state index contributed by atoms with van der Waals surface area (Å²) in [5.41, 5.74) is 8.77. The molecule has 0 aliphatic carbocycles. The van der Waals surface area contributed by atoms with Crippen molar-refractivity contribution in [3.63, 3.8) is 0 Å². The van der Waals surface area contributed by atoms with E-state index in [9.17, 15) is 14.0 Å². The van der Waals surface area contributed by atoms with Gasteiger partial charge in [0.1, 0.15) is 5.82 Å². The molecule has 79 heavy (non-hydrogen) atoms. The molecule has 9 heteroatoms. The summed E-state index contributed by atoms with van der Waals surface area (Å²) < 4.78 is 24.5. The van der Waals surface area contributed by atoms with E-state index in [0.29, 0.717) is 47.3 Å². The highest BCUT2D eigenvalue weighted by atomic mass is 19.1. The molecule has 0 N–H and O–H groups in total. The van der Waals surface area contributed by atoms with Gasteiger partial charge < -0.3 is 9.47 Å². The van der Waals surface area contributed by atoms with Gasteiger partial charge in [-0.15, -0.1) is 0 Å². The quantitative estimate of drug-likeness (QED) is 0.0310. The van der Waals surface area contributed by atoms with E-state index in [4.69, 9.17) is 34.5 Å². The summed E-state index contributed by atoms with van der Waals surface area (Å²) in [7, 11) is 0. The van der Waals surface area contributed by atoms with Gasteiger partial charge in [-0.2, -0.15) is 0 Å². The van der Waals surface area contributed by atoms with Crippen LogP contribution in [0, 0.1) is 48.7 Å². The van der Waals surface area contributed by atoms with E-state index in [1.165, 1.54) is 12.1 Å². The molecule has 0 aliphatic heterocycles. The number of nitrogens with zero attached hydrogens (tertiary/aromatic N) is 4. The van der Waals surface area contributed by atoms with Gasteiger partial charge in [-0.3, -0.25) is 9.59 Å². The van der Waals surface area contributed by atoms with Crippen molar-refractivity contribution in [1.29, 1.82) is 5.26 Å². The highest BCUT2D eigenvalue weighted by molar-refractivity contribution is 6.04. The van der Waals surface area contributed by atoms with Crippen molar-refractivity contribution in [2.24, 2.45) is 11.8 Å². The molecule has 398 valence electrons. The summed E-state index contributed by atoms with van der Waals surface area (Å²) in [5.74, 6) is -0.933. The zero-order valence-electron chi connectivity index (χ0n) is 45.6. The Morgan fingerprint density at radius 1 is 0.456 bits per heavy atom. The SMILES string of the molecule is [C-]#[N+]/C(C(=O)OCC(CC)CCCC)=C(\c1ccccc1)c1ccc(-c2ccccc2)cc1.[C-]#[N+]/C(C(=O)OCC(CC)CCCC)=C(\c1ccccc1)c1ccc(F)cc1.[C-]#[N+]C(C#N)=C(c1ccccc1)c1ccccc1. The van der Waals surface area contributed by atoms with Crippen molar-refractivity contribution in [2.45, 2.75) is 79.1 Å². The fourth-order valence-electron chi connectivity index (χ4n) is 8.68. The van der Waals surface area contributed by atoms with Crippen LogP contribution in [0.5, 0.6) is 0 Å². The van der Waals surface area contributed by atoms with E-state index < -0.39 is 11.9 Å². The topological polar surface area (TPSA) is 89.5 Å². The lowest BCUT2D eigenvalue weighted by molar-refractivity contribution is -0.140. The molecule has 0 saturated carbocycles. The van der Waals surface area contributed by atoms with Gasteiger partial charge in [-0.1, -0.05) is 254 Å². The molecule has 8 nitrogen and oxygen atoms in total. The number of benzene rings is 7. The third kappa shape index (κ3) is 18.4. The molecule has 7 rings (SSSR count). The largest absolute Gasteiger partial charge is 0.470 e. The number of hydrogen-bond donors (Lipinski definition) is 0. The monoisotopic (exact) mass is 1050 g/mol. The van der Waals surface area contributed by atoms with Crippen LogP contribution < -0.4 is 0 Å². The van der Waals surface area contributed by atoms with Gasteiger partial charge >= 0.3 is 11.9 Å². The van der Waals surface area contributed by atoms with Gasteiger partial charge in [0.2, 0.25) is 0 Å². The highest BCUT2D eigenvalue weighted by Crippen LogP contribution is 2.33. The zero-order chi connectivity index (χ0) is 56.6. The van der Waals surface area contributed by atoms with Crippen LogP contribution in [0.1, 0.15) is 112 Å². The van der Waals surface area contributed by atoms with Crippen molar-refractivity contribution in [3.05, 3.63) is 291 Å². The maximum atomic E-state index is 13.4. The predicted octanol–water partition coefficient (Wildman–Crippen LogP) is 17.9. The summed E-state index contributed by atoms with van der Waals surface area (Å²) in [6.07, 6.45) is 8.33. The van der Waals surface area contributed by atoms with Crippen LogP contribution >= 0.6 is 0 Å². The summed E-state index contributed by atoms with van der Waals surface area (Å²) in [6.45, 7) is 31.7. The zero-order valence-corrected chi connectivity index (χ0v) is 45.6. The number of carbonyl (C=O) groups excluding carboxylic acids is 2. The van der Waals surface area contributed by atoms with Crippen LogP contribution in [0.3, 0.4) is 0 Å². The molecule has 0 heterocycles. The van der Waals surface area contributed by atoms with Crippen LogP contribution in [-0.4, -0.2) is 25.2 Å². The first kappa shape index (κ1) is 60.5. The minimum absolute atomic E-state index is 0.0269. The summed E-state index contributed by atoms with van der Waals surface area (Å²) >= 11 is 0. The molecule has 7 aromatic carbocycles. The van der Waals surface area contributed by atoms with Gasteiger partial charge in [0, 0.05) is 16.7 Å². The number of ether oxygens (including phenoxy) is 2. The van der Waals surface area contributed by atoms with Crippen molar-refractivity contribution in [3.8, 4) is 17.2 Å². The van der Waals surface area contributed by atoms with Gasteiger partial charge in [-0.05, 0) is 81.3 Å². The number of carbonyl (C=O) groups is 2. The second-order valence-electron chi connectivity index (χ2n) is 18.6. The minimum Gasteiger partial charge on any atom is -0.470 e. The molecule has 0 bridgehead atoms. The Labute approximate surface area is 467 Å². The lowest BCUT2D eigenvalue weighted by Gasteiger charge is -2.16. The molecule has 0 saturated heterocycles. The fraction of sp³-hybridized carbons (Fsp3) is 0.229. The smallest absolute Gasteiger partial charge is 0.336 e. The average Bonchev–Trinajstić information content (AvgIpc) is 3.55. The van der Waals surface area contributed by atoms with E-state index in [1.807, 2.05) is 170 Å². The summed E-state index contributed by atoms with van der Waals surface area (Å²) in [5, 5.41) is 9.10. The number of rotatable bonds is 21. The van der Waals surface area contributed by atoms with E-state index in [2.05, 4.69) is 54.4 Å². The molecule has 0 fully saturated rings. The third-order valence-corrected chi connectivity index (χ3v) is 13.2. The van der Waals surface area contributed by atoms with Crippen molar-refractivity contribution in [2.75, 3.05) is 13.2 Å². The number of unbranched alkanes of at least 4 members (excludes halogenated alkanes) is 2. The third-order valence-electron chi connectivity index (χ3n) is 13.2. The van der Waals surface area contributed by atoms with Gasteiger partial charge in [-0.25, -0.2) is 24.2 Å².